The highest BCUT2D eigenvalue weighted by Gasteiger charge is 2.29. The van der Waals surface area contributed by atoms with Gasteiger partial charge in [0.1, 0.15) is 6.20 Å². The SMILES string of the molecule is CN1CCN(C2=NC(=O)/C(=C/c3ncc([N+](=O)[O-])n3C)S2)CC1. The highest BCUT2D eigenvalue weighted by atomic mass is 32.2. The van der Waals surface area contributed by atoms with Gasteiger partial charge in [0.05, 0.1) is 12.0 Å². The number of amidine groups is 1. The summed E-state index contributed by atoms with van der Waals surface area (Å²) in [5, 5.41) is 11.5. The molecule has 9 nitrogen and oxygen atoms in total. The topological polar surface area (TPSA) is 96.9 Å². The second-order valence-electron chi connectivity index (χ2n) is 5.39. The van der Waals surface area contributed by atoms with Crippen molar-refractivity contribution in [1.29, 1.82) is 0 Å². The Bertz CT molecular complexity index is 717. The molecule has 0 N–H and O–H groups in total. The van der Waals surface area contributed by atoms with Crippen LogP contribution in [0.4, 0.5) is 5.82 Å². The van der Waals surface area contributed by atoms with Gasteiger partial charge in [-0.3, -0.25) is 4.79 Å². The second kappa shape index (κ2) is 6.13. The van der Waals surface area contributed by atoms with Gasteiger partial charge in [-0.1, -0.05) is 0 Å². The molecule has 0 aliphatic carbocycles. The number of nitrogens with zero attached hydrogens (tertiary/aromatic N) is 6. The van der Waals surface area contributed by atoms with E-state index in [0.717, 1.165) is 26.2 Å². The summed E-state index contributed by atoms with van der Waals surface area (Å²) in [7, 11) is 3.61. The van der Waals surface area contributed by atoms with Crippen LogP contribution < -0.4 is 0 Å². The molecule has 2 aliphatic rings. The monoisotopic (exact) mass is 336 g/mol. The molecule has 1 aromatic rings. The first-order chi connectivity index (χ1) is 11.0. The summed E-state index contributed by atoms with van der Waals surface area (Å²) in [6.07, 6.45) is 2.73. The fraction of sp³-hybridized carbons (Fsp3) is 0.462. The van der Waals surface area contributed by atoms with Crippen molar-refractivity contribution in [2.75, 3.05) is 33.2 Å². The van der Waals surface area contributed by atoms with Crippen molar-refractivity contribution in [3.8, 4) is 0 Å². The maximum atomic E-state index is 12.1. The van der Waals surface area contributed by atoms with Crippen molar-refractivity contribution < 1.29 is 9.72 Å². The number of piperazine rings is 1. The Labute approximate surface area is 136 Å². The Balaban J connectivity index is 1.76. The number of carbonyl (C=O) groups excluding carboxylic acids is 1. The van der Waals surface area contributed by atoms with E-state index in [1.165, 1.54) is 22.5 Å². The van der Waals surface area contributed by atoms with Crippen LogP contribution in [0.1, 0.15) is 5.82 Å². The van der Waals surface area contributed by atoms with Gasteiger partial charge in [0.15, 0.2) is 5.17 Å². The summed E-state index contributed by atoms with van der Waals surface area (Å²) in [5.41, 5.74) is 0. The molecule has 0 bridgehead atoms. The number of aromatic nitrogens is 2. The number of amides is 1. The van der Waals surface area contributed by atoms with Gasteiger partial charge < -0.3 is 19.9 Å². The average molecular weight is 336 g/mol. The van der Waals surface area contributed by atoms with Gasteiger partial charge in [-0.25, -0.2) is 9.55 Å². The van der Waals surface area contributed by atoms with E-state index in [1.54, 1.807) is 13.1 Å². The summed E-state index contributed by atoms with van der Waals surface area (Å²) >= 11 is 1.29. The van der Waals surface area contributed by atoms with Crippen LogP contribution in [-0.4, -0.2) is 68.6 Å². The number of imidazole rings is 1. The molecule has 3 rings (SSSR count). The van der Waals surface area contributed by atoms with E-state index < -0.39 is 4.92 Å². The second-order valence-corrected chi connectivity index (χ2v) is 6.40. The quantitative estimate of drug-likeness (QED) is 0.442. The lowest BCUT2D eigenvalue weighted by atomic mass is 10.3. The standard InChI is InChI=1S/C13H16N6O3S/c1-16-3-5-18(6-4-16)13-15-12(20)9(23-13)7-10-14-8-11(17(10)2)19(21)22/h7-8H,3-6H2,1-2H3/b9-7-. The molecule has 0 atom stereocenters. The van der Waals surface area contributed by atoms with E-state index in [2.05, 4.69) is 26.8 Å². The van der Waals surface area contributed by atoms with Crippen LogP contribution in [0, 0.1) is 10.1 Å². The van der Waals surface area contributed by atoms with Crippen LogP contribution >= 0.6 is 11.8 Å². The van der Waals surface area contributed by atoms with E-state index >= 15 is 0 Å². The first-order valence-electron chi connectivity index (χ1n) is 7.08. The van der Waals surface area contributed by atoms with Crippen LogP contribution in [-0.2, 0) is 11.8 Å². The minimum atomic E-state index is -0.509. The van der Waals surface area contributed by atoms with Crippen LogP contribution in [0.25, 0.3) is 6.08 Å². The highest BCUT2D eigenvalue weighted by Crippen LogP contribution is 2.30. The van der Waals surface area contributed by atoms with Crippen LogP contribution in [0.3, 0.4) is 0 Å². The molecule has 0 radical (unpaired) electrons. The van der Waals surface area contributed by atoms with Gasteiger partial charge in [-0.15, -0.1) is 0 Å². The Hall–Kier alpha value is -2.20. The maximum Gasteiger partial charge on any atom is 0.342 e. The largest absolute Gasteiger partial charge is 0.358 e. The summed E-state index contributed by atoms with van der Waals surface area (Å²) in [6.45, 7) is 3.52. The number of likely N-dealkylation sites (N-methyl/N-ethyl adjacent to an activating group) is 1. The minimum absolute atomic E-state index is 0.118. The van der Waals surface area contributed by atoms with Gasteiger partial charge in [0.25, 0.3) is 5.91 Å². The van der Waals surface area contributed by atoms with Gasteiger partial charge in [0, 0.05) is 32.3 Å². The zero-order valence-electron chi connectivity index (χ0n) is 12.8. The summed E-state index contributed by atoms with van der Waals surface area (Å²) < 4.78 is 1.34. The van der Waals surface area contributed by atoms with Gasteiger partial charge in [-0.2, -0.15) is 4.99 Å². The molecule has 23 heavy (non-hydrogen) atoms. The molecule has 0 spiro atoms. The normalized spacial score (nSPS) is 21.1. The van der Waals surface area contributed by atoms with Crippen LogP contribution in [0.5, 0.6) is 0 Å². The zero-order valence-corrected chi connectivity index (χ0v) is 13.6. The molecule has 1 amide bonds. The lowest BCUT2D eigenvalue weighted by Crippen LogP contribution is -2.46. The van der Waals surface area contributed by atoms with E-state index in [9.17, 15) is 14.9 Å². The fourth-order valence-electron chi connectivity index (χ4n) is 2.37. The molecule has 122 valence electrons. The molecule has 0 aromatic carbocycles. The van der Waals surface area contributed by atoms with Gasteiger partial charge in [0.2, 0.25) is 5.82 Å². The van der Waals surface area contributed by atoms with E-state index in [-0.39, 0.29) is 11.7 Å². The highest BCUT2D eigenvalue weighted by molar-refractivity contribution is 8.18. The lowest BCUT2D eigenvalue weighted by Gasteiger charge is -2.32. The summed E-state index contributed by atoms with van der Waals surface area (Å²) in [6, 6.07) is 0. The summed E-state index contributed by atoms with van der Waals surface area (Å²) in [4.78, 5) is 35.2. The first kappa shape index (κ1) is 15.7. The van der Waals surface area contributed by atoms with E-state index in [4.69, 9.17) is 0 Å². The molecule has 2 aliphatic heterocycles. The third-order valence-corrected chi connectivity index (χ3v) is 4.87. The van der Waals surface area contributed by atoms with Crippen molar-refractivity contribution >= 4 is 34.7 Å². The van der Waals surface area contributed by atoms with E-state index in [1.807, 2.05) is 0 Å². The molecule has 1 fully saturated rings. The van der Waals surface area contributed by atoms with Crippen molar-refractivity contribution in [2.24, 2.45) is 12.0 Å². The number of aliphatic imine (C=N–C) groups is 1. The number of hydrogen-bond acceptors (Lipinski definition) is 7. The van der Waals surface area contributed by atoms with Gasteiger partial charge in [-0.05, 0) is 23.7 Å². The predicted molar refractivity (Wildman–Crippen MR) is 86.9 cm³/mol. The molecule has 10 heteroatoms. The number of thioether (sulfide) groups is 1. The molecular formula is C13H16N6O3S. The summed E-state index contributed by atoms with van der Waals surface area (Å²) in [5.74, 6) is -0.0792. The molecular weight excluding hydrogens is 320 g/mol. The van der Waals surface area contributed by atoms with E-state index in [0.29, 0.717) is 15.9 Å². The lowest BCUT2D eigenvalue weighted by molar-refractivity contribution is -0.391. The van der Waals surface area contributed by atoms with Crippen molar-refractivity contribution in [1.82, 2.24) is 19.4 Å². The third-order valence-electron chi connectivity index (χ3n) is 3.83. The minimum Gasteiger partial charge on any atom is -0.358 e. The average Bonchev–Trinajstić information content (AvgIpc) is 3.05. The molecule has 3 heterocycles. The number of nitro groups is 1. The Kier molecular flexibility index (Phi) is 4.18. The molecule has 1 saturated heterocycles. The van der Waals surface area contributed by atoms with Crippen LogP contribution in [0.2, 0.25) is 0 Å². The number of hydrogen-bond donors (Lipinski definition) is 0. The Morgan fingerprint density at radius 1 is 1.30 bits per heavy atom. The Morgan fingerprint density at radius 2 is 2.00 bits per heavy atom. The first-order valence-corrected chi connectivity index (χ1v) is 7.89. The van der Waals surface area contributed by atoms with Crippen molar-refractivity contribution in [2.45, 2.75) is 0 Å². The van der Waals surface area contributed by atoms with Crippen LogP contribution in [0.15, 0.2) is 16.1 Å². The Morgan fingerprint density at radius 3 is 2.61 bits per heavy atom. The maximum absolute atomic E-state index is 12.1. The van der Waals surface area contributed by atoms with Gasteiger partial charge >= 0.3 is 5.82 Å². The molecule has 0 saturated carbocycles. The smallest absolute Gasteiger partial charge is 0.342 e. The third kappa shape index (κ3) is 3.13. The molecule has 1 aromatic heterocycles. The fourth-order valence-corrected chi connectivity index (χ4v) is 3.30. The number of carbonyl (C=O) groups is 1. The zero-order chi connectivity index (χ0) is 16.6. The molecule has 0 unspecified atom stereocenters. The van der Waals surface area contributed by atoms with Crippen molar-refractivity contribution in [3.63, 3.8) is 0 Å². The predicted octanol–water partition coefficient (Wildman–Crippen LogP) is 0.546. The van der Waals surface area contributed by atoms with Crippen molar-refractivity contribution in [3.05, 3.63) is 27.0 Å². The number of rotatable bonds is 2.